The van der Waals surface area contributed by atoms with E-state index in [1.54, 1.807) is 10.8 Å². The Bertz CT molecular complexity index is 1030. The van der Waals surface area contributed by atoms with Crippen molar-refractivity contribution in [1.82, 2.24) is 34.3 Å². The van der Waals surface area contributed by atoms with Crippen LogP contribution in [0.1, 0.15) is 22.8 Å². The van der Waals surface area contributed by atoms with Gasteiger partial charge in [-0.1, -0.05) is 30.3 Å². The summed E-state index contributed by atoms with van der Waals surface area (Å²) in [4.78, 5) is 6.66. The van der Waals surface area contributed by atoms with Gasteiger partial charge in [-0.2, -0.15) is 5.10 Å². The molecule has 0 amide bonds. The number of fused-ring (bicyclic) bond motifs is 2. The van der Waals surface area contributed by atoms with E-state index in [9.17, 15) is 0 Å². The van der Waals surface area contributed by atoms with E-state index in [1.807, 2.05) is 12.3 Å². The van der Waals surface area contributed by atoms with Crippen molar-refractivity contribution in [3.05, 3.63) is 77.8 Å². The quantitative estimate of drug-likeness (QED) is 0.565. The summed E-state index contributed by atoms with van der Waals surface area (Å²) in [5, 5.41) is 13.0. The van der Waals surface area contributed by atoms with E-state index < -0.39 is 0 Å². The molecule has 1 aromatic carbocycles. The fourth-order valence-corrected chi connectivity index (χ4v) is 3.53. The van der Waals surface area contributed by atoms with Crippen molar-refractivity contribution in [3.63, 3.8) is 0 Å². The maximum Gasteiger partial charge on any atom is 0.155 e. The standard InChI is InChI=1S/C19H19N7/c1-2-4-15(5-3-1)10-18-22-23-19-13-24(8-9-25(18)19)12-16-6-7-26-17(11-16)20-14-21-26/h1-7,11,14H,8-10,12-13H2. The molecule has 3 aromatic heterocycles. The number of aromatic nitrogens is 6. The van der Waals surface area contributed by atoms with Gasteiger partial charge in [-0.15, -0.1) is 10.2 Å². The Balaban J connectivity index is 1.31. The molecule has 26 heavy (non-hydrogen) atoms. The predicted octanol–water partition coefficient (Wildman–Crippen LogP) is 1.93. The van der Waals surface area contributed by atoms with Crippen LogP contribution in [0, 0.1) is 0 Å². The summed E-state index contributed by atoms with van der Waals surface area (Å²) in [5.41, 5.74) is 3.39. The fourth-order valence-electron chi connectivity index (χ4n) is 3.53. The number of hydrogen-bond acceptors (Lipinski definition) is 5. The lowest BCUT2D eigenvalue weighted by molar-refractivity contribution is 0.207. The molecule has 7 heteroatoms. The van der Waals surface area contributed by atoms with Crippen LogP contribution in [0.4, 0.5) is 0 Å². The van der Waals surface area contributed by atoms with Crippen molar-refractivity contribution < 1.29 is 0 Å². The summed E-state index contributed by atoms with van der Waals surface area (Å²) in [7, 11) is 0. The molecule has 0 spiro atoms. The van der Waals surface area contributed by atoms with Crippen LogP contribution in [0.5, 0.6) is 0 Å². The van der Waals surface area contributed by atoms with E-state index in [4.69, 9.17) is 0 Å². The first-order valence-corrected chi connectivity index (χ1v) is 8.81. The second-order valence-corrected chi connectivity index (χ2v) is 6.65. The zero-order chi connectivity index (χ0) is 17.3. The van der Waals surface area contributed by atoms with E-state index >= 15 is 0 Å². The van der Waals surface area contributed by atoms with Gasteiger partial charge in [0.25, 0.3) is 0 Å². The first-order chi connectivity index (χ1) is 12.8. The average Bonchev–Trinajstić information content (AvgIpc) is 3.29. The lowest BCUT2D eigenvalue weighted by Crippen LogP contribution is -2.34. The van der Waals surface area contributed by atoms with Crippen LogP contribution in [0.2, 0.25) is 0 Å². The summed E-state index contributed by atoms with van der Waals surface area (Å²) < 4.78 is 4.05. The third kappa shape index (κ3) is 2.86. The van der Waals surface area contributed by atoms with Crippen molar-refractivity contribution in [1.29, 1.82) is 0 Å². The number of rotatable bonds is 4. The maximum atomic E-state index is 4.43. The molecule has 0 N–H and O–H groups in total. The molecule has 4 heterocycles. The van der Waals surface area contributed by atoms with Crippen molar-refractivity contribution in [2.45, 2.75) is 26.1 Å². The highest BCUT2D eigenvalue weighted by Gasteiger charge is 2.21. The van der Waals surface area contributed by atoms with Crippen LogP contribution in [0.25, 0.3) is 5.65 Å². The molecule has 0 saturated carbocycles. The Labute approximate surface area is 150 Å². The van der Waals surface area contributed by atoms with E-state index in [0.29, 0.717) is 0 Å². The summed E-state index contributed by atoms with van der Waals surface area (Å²) in [6, 6.07) is 14.6. The van der Waals surface area contributed by atoms with Crippen LogP contribution in [-0.2, 0) is 26.1 Å². The van der Waals surface area contributed by atoms with Gasteiger partial charge in [0, 0.05) is 32.3 Å². The normalized spacial score (nSPS) is 14.6. The first-order valence-electron chi connectivity index (χ1n) is 8.81. The lowest BCUT2D eigenvalue weighted by Gasteiger charge is -2.27. The van der Waals surface area contributed by atoms with Gasteiger partial charge in [0.05, 0.1) is 6.54 Å². The third-order valence-corrected chi connectivity index (χ3v) is 4.87. The van der Waals surface area contributed by atoms with Gasteiger partial charge in [0.1, 0.15) is 18.0 Å². The number of hydrogen-bond donors (Lipinski definition) is 0. The fraction of sp³-hybridized carbons (Fsp3) is 0.263. The highest BCUT2D eigenvalue weighted by atomic mass is 15.3. The molecule has 0 atom stereocenters. The van der Waals surface area contributed by atoms with Crippen molar-refractivity contribution in [2.75, 3.05) is 6.54 Å². The maximum absolute atomic E-state index is 4.43. The van der Waals surface area contributed by atoms with Gasteiger partial charge in [-0.05, 0) is 23.3 Å². The molecular formula is C19H19N7. The SMILES string of the molecule is c1ccc(Cc2nnc3n2CCN(Cc2ccn4ncnc4c2)C3)cc1. The van der Waals surface area contributed by atoms with Crippen molar-refractivity contribution in [3.8, 4) is 0 Å². The Morgan fingerprint density at radius 3 is 2.81 bits per heavy atom. The van der Waals surface area contributed by atoms with Crippen molar-refractivity contribution in [2.24, 2.45) is 0 Å². The molecule has 0 fully saturated rings. The summed E-state index contributed by atoms with van der Waals surface area (Å²) in [6.45, 7) is 3.62. The summed E-state index contributed by atoms with van der Waals surface area (Å²) >= 11 is 0. The monoisotopic (exact) mass is 345 g/mol. The van der Waals surface area contributed by atoms with E-state index in [0.717, 1.165) is 49.9 Å². The molecular weight excluding hydrogens is 326 g/mol. The van der Waals surface area contributed by atoms with Gasteiger partial charge in [0.15, 0.2) is 5.65 Å². The minimum atomic E-state index is 0.819. The van der Waals surface area contributed by atoms with Crippen LogP contribution >= 0.6 is 0 Å². The number of benzene rings is 1. The largest absolute Gasteiger partial charge is 0.312 e. The first kappa shape index (κ1) is 15.2. The molecule has 0 saturated heterocycles. The Hall–Kier alpha value is -3.06. The van der Waals surface area contributed by atoms with Gasteiger partial charge < -0.3 is 4.57 Å². The number of pyridine rings is 1. The third-order valence-electron chi connectivity index (χ3n) is 4.87. The van der Waals surface area contributed by atoms with Crippen molar-refractivity contribution >= 4 is 5.65 Å². The van der Waals surface area contributed by atoms with Gasteiger partial charge in [0.2, 0.25) is 0 Å². The highest BCUT2D eigenvalue weighted by Crippen LogP contribution is 2.17. The molecule has 7 nitrogen and oxygen atoms in total. The molecule has 4 aromatic rings. The molecule has 0 aliphatic carbocycles. The minimum absolute atomic E-state index is 0.819. The molecule has 1 aliphatic rings. The topological polar surface area (TPSA) is 64.1 Å². The second-order valence-electron chi connectivity index (χ2n) is 6.65. The molecule has 0 bridgehead atoms. The van der Waals surface area contributed by atoms with Gasteiger partial charge >= 0.3 is 0 Å². The van der Waals surface area contributed by atoms with E-state index in [1.165, 1.54) is 11.1 Å². The minimum Gasteiger partial charge on any atom is -0.312 e. The van der Waals surface area contributed by atoms with E-state index in [2.05, 4.69) is 66.1 Å². The predicted molar refractivity (Wildman–Crippen MR) is 96.4 cm³/mol. The Morgan fingerprint density at radius 1 is 0.962 bits per heavy atom. The molecule has 130 valence electrons. The zero-order valence-corrected chi connectivity index (χ0v) is 14.4. The Morgan fingerprint density at radius 2 is 1.88 bits per heavy atom. The number of nitrogens with zero attached hydrogens (tertiary/aromatic N) is 7. The molecule has 0 radical (unpaired) electrons. The van der Waals surface area contributed by atoms with Crippen LogP contribution in [0.15, 0.2) is 55.0 Å². The molecule has 0 unspecified atom stereocenters. The van der Waals surface area contributed by atoms with Gasteiger partial charge in [-0.3, -0.25) is 4.90 Å². The van der Waals surface area contributed by atoms with Crippen LogP contribution in [0.3, 0.4) is 0 Å². The average molecular weight is 345 g/mol. The molecule has 5 rings (SSSR count). The van der Waals surface area contributed by atoms with E-state index in [-0.39, 0.29) is 0 Å². The highest BCUT2D eigenvalue weighted by molar-refractivity contribution is 5.39. The second kappa shape index (κ2) is 6.34. The smallest absolute Gasteiger partial charge is 0.155 e. The zero-order valence-electron chi connectivity index (χ0n) is 14.4. The summed E-state index contributed by atoms with van der Waals surface area (Å²) in [5.74, 6) is 2.10. The summed E-state index contributed by atoms with van der Waals surface area (Å²) in [6.07, 6.45) is 4.37. The molecule has 1 aliphatic heterocycles. The van der Waals surface area contributed by atoms with Crippen LogP contribution in [-0.4, -0.2) is 40.8 Å². The van der Waals surface area contributed by atoms with Gasteiger partial charge in [-0.25, -0.2) is 9.50 Å². The van der Waals surface area contributed by atoms with Crippen LogP contribution < -0.4 is 0 Å². The lowest BCUT2D eigenvalue weighted by atomic mass is 10.1. The Kier molecular flexibility index (Phi) is 3.71.